The van der Waals surface area contributed by atoms with E-state index in [0.29, 0.717) is 19.6 Å². The van der Waals surface area contributed by atoms with Gasteiger partial charge in [-0.3, -0.25) is 4.99 Å². The lowest BCUT2D eigenvalue weighted by Crippen LogP contribution is -2.50. The molecule has 0 aromatic carbocycles. The number of hydrogen-bond donors (Lipinski definition) is 3. The quantitative estimate of drug-likeness (QED) is 0.532. The standard InChI is InChI=1S/C16H30N4O3/c1-3-17-14(18-12-16(22)8-4-5-9-16)19-13-6-10-20(11-7-13)15(21)23-2/h13,22H,3-12H2,1-2H3,(H2,17,18,19). The first-order valence-corrected chi connectivity index (χ1v) is 8.66. The number of methoxy groups -OCH3 is 1. The Bertz CT molecular complexity index is 414. The number of hydrogen-bond acceptors (Lipinski definition) is 4. The molecule has 2 rings (SSSR count). The van der Waals surface area contributed by atoms with Crippen molar-refractivity contribution in [3.05, 3.63) is 0 Å². The van der Waals surface area contributed by atoms with Crippen molar-refractivity contribution in [2.24, 2.45) is 4.99 Å². The Morgan fingerprint density at radius 2 is 2.00 bits per heavy atom. The number of likely N-dealkylation sites (tertiary alicyclic amines) is 1. The third-order valence-corrected chi connectivity index (χ3v) is 4.68. The first-order valence-electron chi connectivity index (χ1n) is 8.66. The van der Waals surface area contributed by atoms with E-state index in [1.807, 2.05) is 6.92 Å². The third kappa shape index (κ3) is 5.27. The van der Waals surface area contributed by atoms with Crippen molar-refractivity contribution in [3.63, 3.8) is 0 Å². The van der Waals surface area contributed by atoms with Crippen molar-refractivity contribution in [2.75, 3.05) is 33.3 Å². The van der Waals surface area contributed by atoms with Crippen LogP contribution in [0.4, 0.5) is 4.79 Å². The van der Waals surface area contributed by atoms with Gasteiger partial charge in [0.05, 0.1) is 19.3 Å². The van der Waals surface area contributed by atoms with Gasteiger partial charge in [0, 0.05) is 25.7 Å². The maximum atomic E-state index is 11.5. The molecule has 0 aromatic heterocycles. The van der Waals surface area contributed by atoms with E-state index >= 15 is 0 Å². The van der Waals surface area contributed by atoms with Gasteiger partial charge >= 0.3 is 6.09 Å². The number of aliphatic imine (C=N–C) groups is 1. The molecule has 0 atom stereocenters. The van der Waals surface area contributed by atoms with Crippen LogP contribution in [0.3, 0.4) is 0 Å². The number of carbonyl (C=O) groups is 1. The molecule has 23 heavy (non-hydrogen) atoms. The van der Waals surface area contributed by atoms with E-state index in [2.05, 4.69) is 15.6 Å². The Labute approximate surface area is 138 Å². The molecule has 2 fully saturated rings. The van der Waals surface area contributed by atoms with Crippen molar-refractivity contribution >= 4 is 12.1 Å². The predicted octanol–water partition coefficient (Wildman–Crippen LogP) is 1.08. The lowest BCUT2D eigenvalue weighted by atomic mass is 10.0. The smallest absolute Gasteiger partial charge is 0.409 e. The minimum absolute atomic E-state index is 0.257. The Hall–Kier alpha value is -1.50. The maximum absolute atomic E-state index is 11.5. The molecule has 0 aromatic rings. The number of rotatable bonds is 4. The van der Waals surface area contributed by atoms with E-state index in [1.165, 1.54) is 7.11 Å². The third-order valence-electron chi connectivity index (χ3n) is 4.68. The first kappa shape index (κ1) is 17.8. The Morgan fingerprint density at radius 1 is 1.35 bits per heavy atom. The summed E-state index contributed by atoms with van der Waals surface area (Å²) in [6, 6.07) is 0.284. The molecule has 1 heterocycles. The normalized spacial score (nSPS) is 22.0. The van der Waals surface area contributed by atoms with Gasteiger partial charge in [-0.25, -0.2) is 4.79 Å². The number of nitrogens with one attached hydrogen (secondary N) is 2. The van der Waals surface area contributed by atoms with E-state index in [-0.39, 0.29) is 12.1 Å². The highest BCUT2D eigenvalue weighted by atomic mass is 16.5. The molecule has 2 aliphatic rings. The lowest BCUT2D eigenvalue weighted by molar-refractivity contribution is 0.0573. The van der Waals surface area contributed by atoms with Gasteiger partial charge in [0.15, 0.2) is 5.96 Å². The number of nitrogens with zero attached hydrogens (tertiary/aromatic N) is 2. The lowest BCUT2D eigenvalue weighted by Gasteiger charge is -2.32. The minimum atomic E-state index is -0.628. The van der Waals surface area contributed by atoms with Gasteiger partial charge in [-0.15, -0.1) is 0 Å². The molecule has 0 spiro atoms. The second-order valence-corrected chi connectivity index (χ2v) is 6.50. The molecule has 1 aliphatic heterocycles. The number of amides is 1. The van der Waals surface area contributed by atoms with Crippen LogP contribution in [-0.2, 0) is 4.74 Å². The molecule has 3 N–H and O–H groups in total. The first-order chi connectivity index (χ1) is 11.1. The number of guanidine groups is 1. The van der Waals surface area contributed by atoms with E-state index in [4.69, 9.17) is 4.74 Å². The topological polar surface area (TPSA) is 86.2 Å². The Balaban J connectivity index is 1.83. The molecule has 1 saturated heterocycles. The van der Waals surface area contributed by atoms with Crippen LogP contribution in [-0.4, -0.2) is 67.0 Å². The zero-order chi connectivity index (χ0) is 16.7. The van der Waals surface area contributed by atoms with Gasteiger partial charge < -0.3 is 25.4 Å². The van der Waals surface area contributed by atoms with Gasteiger partial charge in [-0.1, -0.05) is 12.8 Å². The molecule has 7 heteroatoms. The summed E-state index contributed by atoms with van der Waals surface area (Å²) in [4.78, 5) is 17.8. The molecule has 1 aliphatic carbocycles. The Kier molecular flexibility index (Phi) is 6.50. The van der Waals surface area contributed by atoms with E-state index in [9.17, 15) is 9.90 Å². The molecule has 132 valence electrons. The van der Waals surface area contributed by atoms with Crippen molar-refractivity contribution in [2.45, 2.75) is 57.1 Å². The van der Waals surface area contributed by atoms with Gasteiger partial charge in [0.1, 0.15) is 0 Å². The molecular formula is C16H30N4O3. The average molecular weight is 326 g/mol. The number of carbonyl (C=O) groups excluding carboxylic acids is 1. The largest absolute Gasteiger partial charge is 0.453 e. The highest BCUT2D eigenvalue weighted by Gasteiger charge is 2.31. The van der Waals surface area contributed by atoms with Crippen LogP contribution in [0.5, 0.6) is 0 Å². The molecule has 0 radical (unpaired) electrons. The van der Waals surface area contributed by atoms with Crippen LogP contribution < -0.4 is 10.6 Å². The van der Waals surface area contributed by atoms with Crippen LogP contribution in [0.25, 0.3) is 0 Å². The van der Waals surface area contributed by atoms with E-state index in [0.717, 1.165) is 51.0 Å². The van der Waals surface area contributed by atoms with Crippen LogP contribution in [0.2, 0.25) is 0 Å². The van der Waals surface area contributed by atoms with Crippen LogP contribution >= 0.6 is 0 Å². The van der Waals surface area contributed by atoms with E-state index in [1.54, 1.807) is 4.90 Å². The summed E-state index contributed by atoms with van der Waals surface area (Å²) in [6.45, 7) is 4.64. The molecule has 1 saturated carbocycles. The second-order valence-electron chi connectivity index (χ2n) is 6.50. The average Bonchev–Trinajstić information content (AvgIpc) is 3.00. The zero-order valence-electron chi connectivity index (χ0n) is 14.3. The highest BCUT2D eigenvalue weighted by Crippen LogP contribution is 2.29. The number of ether oxygens (including phenoxy) is 1. The zero-order valence-corrected chi connectivity index (χ0v) is 14.3. The maximum Gasteiger partial charge on any atom is 0.409 e. The summed E-state index contributed by atoms with van der Waals surface area (Å²) in [5.74, 6) is 0.754. The molecular weight excluding hydrogens is 296 g/mol. The summed E-state index contributed by atoms with van der Waals surface area (Å²) in [5.41, 5.74) is -0.628. The number of piperidine rings is 1. The van der Waals surface area contributed by atoms with Gasteiger partial charge in [-0.2, -0.15) is 0 Å². The number of aliphatic hydroxyl groups is 1. The van der Waals surface area contributed by atoms with Crippen molar-refractivity contribution in [1.82, 2.24) is 15.5 Å². The van der Waals surface area contributed by atoms with Crippen molar-refractivity contribution in [1.29, 1.82) is 0 Å². The molecule has 1 amide bonds. The molecule has 7 nitrogen and oxygen atoms in total. The SMILES string of the molecule is CCNC(=NCC1(O)CCCC1)NC1CCN(C(=O)OC)CC1. The van der Waals surface area contributed by atoms with Crippen molar-refractivity contribution in [3.8, 4) is 0 Å². The molecule has 0 unspecified atom stereocenters. The fraction of sp³-hybridized carbons (Fsp3) is 0.875. The Morgan fingerprint density at radius 3 is 2.57 bits per heavy atom. The fourth-order valence-electron chi connectivity index (χ4n) is 3.27. The summed E-state index contributed by atoms with van der Waals surface area (Å²) >= 11 is 0. The predicted molar refractivity (Wildman–Crippen MR) is 89.5 cm³/mol. The van der Waals surface area contributed by atoms with Crippen molar-refractivity contribution < 1.29 is 14.6 Å². The molecule has 0 bridgehead atoms. The highest BCUT2D eigenvalue weighted by molar-refractivity contribution is 5.80. The van der Waals surface area contributed by atoms with Gasteiger partial charge in [0.25, 0.3) is 0 Å². The van der Waals surface area contributed by atoms with Crippen LogP contribution in [0.1, 0.15) is 45.4 Å². The fourth-order valence-corrected chi connectivity index (χ4v) is 3.27. The van der Waals surface area contributed by atoms with Crippen LogP contribution in [0.15, 0.2) is 4.99 Å². The van der Waals surface area contributed by atoms with Crippen LogP contribution in [0, 0.1) is 0 Å². The summed E-state index contributed by atoms with van der Waals surface area (Å²) in [7, 11) is 1.41. The summed E-state index contributed by atoms with van der Waals surface area (Å²) in [6.07, 6.45) is 5.32. The second kappa shape index (κ2) is 8.38. The summed E-state index contributed by atoms with van der Waals surface area (Å²) in [5, 5.41) is 17.1. The monoisotopic (exact) mass is 326 g/mol. The van der Waals surface area contributed by atoms with E-state index < -0.39 is 5.60 Å². The summed E-state index contributed by atoms with van der Waals surface area (Å²) < 4.78 is 4.75. The van der Waals surface area contributed by atoms with Gasteiger partial charge in [0.2, 0.25) is 0 Å². The minimum Gasteiger partial charge on any atom is -0.453 e. The van der Waals surface area contributed by atoms with Gasteiger partial charge in [-0.05, 0) is 32.6 Å².